The van der Waals surface area contributed by atoms with E-state index in [1.54, 1.807) is 6.92 Å². The number of benzene rings is 1. The summed E-state index contributed by atoms with van der Waals surface area (Å²) in [6.45, 7) is 2.40. The summed E-state index contributed by atoms with van der Waals surface area (Å²) in [4.78, 5) is 33.1. The molecule has 0 saturated heterocycles. The molecule has 0 aromatic heterocycles. The second kappa shape index (κ2) is 7.80. The number of hydrogen-bond donors (Lipinski definition) is 2. The molecule has 21 heavy (non-hydrogen) atoms. The smallest absolute Gasteiger partial charge is 0.290 e. The summed E-state index contributed by atoms with van der Waals surface area (Å²) >= 11 is 11.4. The van der Waals surface area contributed by atoms with Gasteiger partial charge in [0, 0.05) is 31.1 Å². The first-order valence-electron chi connectivity index (χ1n) is 6.05. The van der Waals surface area contributed by atoms with Crippen molar-refractivity contribution in [2.24, 2.45) is 0 Å². The quantitative estimate of drug-likeness (QED) is 0.615. The maximum Gasteiger partial charge on any atom is 0.290 e. The summed E-state index contributed by atoms with van der Waals surface area (Å²) < 4.78 is 0. The van der Waals surface area contributed by atoms with Crippen LogP contribution in [-0.4, -0.2) is 29.8 Å². The van der Waals surface area contributed by atoms with E-state index < -0.39 is 16.5 Å². The highest BCUT2D eigenvalue weighted by Gasteiger charge is 2.20. The van der Waals surface area contributed by atoms with Crippen molar-refractivity contribution in [1.82, 2.24) is 10.6 Å². The lowest BCUT2D eigenvalue weighted by Crippen LogP contribution is -2.30. The topological polar surface area (TPSA) is 101 Å². The van der Waals surface area contributed by atoms with Gasteiger partial charge in [-0.05, 0) is 13.0 Å². The van der Waals surface area contributed by atoms with E-state index in [2.05, 4.69) is 10.6 Å². The molecule has 0 bridgehead atoms. The van der Waals surface area contributed by atoms with Gasteiger partial charge in [-0.15, -0.1) is 0 Å². The Balaban J connectivity index is 2.75. The standard InChI is InChI=1S/C12H13Cl2N3O4/c1-2-15-10(18)3-4-16-12(19)7-5-8(13)11(14)9(6-7)17(20)21/h5-6H,2-4H2,1H3,(H,15,18)(H,16,19). The third-order valence-electron chi connectivity index (χ3n) is 2.48. The Hall–Kier alpha value is -1.86. The Morgan fingerprint density at radius 3 is 2.52 bits per heavy atom. The van der Waals surface area contributed by atoms with E-state index in [9.17, 15) is 19.7 Å². The third-order valence-corrected chi connectivity index (χ3v) is 3.27. The minimum Gasteiger partial charge on any atom is -0.356 e. The van der Waals surface area contributed by atoms with Crippen molar-refractivity contribution in [3.8, 4) is 0 Å². The molecule has 0 radical (unpaired) electrons. The third kappa shape index (κ3) is 4.87. The Bertz CT molecular complexity index is 578. The molecule has 1 rings (SSSR count). The van der Waals surface area contributed by atoms with Crippen molar-refractivity contribution < 1.29 is 14.5 Å². The molecule has 9 heteroatoms. The zero-order valence-electron chi connectivity index (χ0n) is 11.1. The van der Waals surface area contributed by atoms with Crippen molar-refractivity contribution in [1.29, 1.82) is 0 Å². The largest absolute Gasteiger partial charge is 0.356 e. The van der Waals surface area contributed by atoms with Gasteiger partial charge in [0.15, 0.2) is 0 Å². The van der Waals surface area contributed by atoms with E-state index >= 15 is 0 Å². The van der Waals surface area contributed by atoms with Gasteiger partial charge in [-0.3, -0.25) is 19.7 Å². The molecule has 114 valence electrons. The van der Waals surface area contributed by atoms with Crippen molar-refractivity contribution in [3.05, 3.63) is 37.9 Å². The van der Waals surface area contributed by atoms with Gasteiger partial charge in [-0.2, -0.15) is 0 Å². The summed E-state index contributed by atoms with van der Waals surface area (Å²) in [6, 6.07) is 2.27. The number of carbonyl (C=O) groups excluding carboxylic acids is 2. The lowest BCUT2D eigenvalue weighted by molar-refractivity contribution is -0.384. The van der Waals surface area contributed by atoms with Gasteiger partial charge in [0.25, 0.3) is 11.6 Å². The molecule has 1 aromatic rings. The number of nitrogens with zero attached hydrogens (tertiary/aromatic N) is 1. The predicted molar refractivity (Wildman–Crippen MR) is 78.8 cm³/mol. The molecule has 2 N–H and O–H groups in total. The Morgan fingerprint density at radius 2 is 1.95 bits per heavy atom. The number of hydrogen-bond acceptors (Lipinski definition) is 4. The number of nitrogens with one attached hydrogen (secondary N) is 2. The number of carbonyl (C=O) groups is 2. The maximum absolute atomic E-state index is 11.9. The van der Waals surface area contributed by atoms with Crippen LogP contribution in [0.5, 0.6) is 0 Å². The number of nitro benzene ring substituents is 1. The molecule has 0 fully saturated rings. The molecular formula is C12H13Cl2N3O4. The molecule has 0 unspecified atom stereocenters. The molecule has 0 heterocycles. The van der Waals surface area contributed by atoms with Crippen LogP contribution in [0.15, 0.2) is 12.1 Å². The van der Waals surface area contributed by atoms with Crippen molar-refractivity contribution in [2.45, 2.75) is 13.3 Å². The van der Waals surface area contributed by atoms with Gasteiger partial charge in [0.2, 0.25) is 5.91 Å². The fraction of sp³-hybridized carbons (Fsp3) is 0.333. The van der Waals surface area contributed by atoms with E-state index in [0.717, 1.165) is 6.07 Å². The molecule has 0 aliphatic carbocycles. The lowest BCUT2D eigenvalue weighted by atomic mass is 10.2. The van der Waals surface area contributed by atoms with E-state index in [-0.39, 0.29) is 34.5 Å². The minimum absolute atomic E-state index is 0.00648. The molecule has 0 saturated carbocycles. The normalized spacial score (nSPS) is 10.0. The van der Waals surface area contributed by atoms with E-state index in [4.69, 9.17) is 23.2 Å². The van der Waals surface area contributed by atoms with Crippen LogP contribution in [0.3, 0.4) is 0 Å². The molecule has 0 atom stereocenters. The van der Waals surface area contributed by atoms with Crippen LogP contribution in [0, 0.1) is 10.1 Å². The van der Waals surface area contributed by atoms with E-state index in [1.165, 1.54) is 6.07 Å². The molecule has 0 aliphatic heterocycles. The predicted octanol–water partition coefficient (Wildman–Crippen LogP) is 2.16. The first-order valence-corrected chi connectivity index (χ1v) is 6.80. The van der Waals surface area contributed by atoms with Crippen LogP contribution in [0.25, 0.3) is 0 Å². The first-order chi connectivity index (χ1) is 9.86. The fourth-order valence-electron chi connectivity index (χ4n) is 1.52. The number of halogens is 2. The molecular weight excluding hydrogens is 321 g/mol. The lowest BCUT2D eigenvalue weighted by Gasteiger charge is -2.07. The Labute approximate surface area is 130 Å². The van der Waals surface area contributed by atoms with Crippen LogP contribution in [0.1, 0.15) is 23.7 Å². The molecule has 1 aromatic carbocycles. The van der Waals surface area contributed by atoms with Gasteiger partial charge in [0.1, 0.15) is 5.02 Å². The second-order valence-electron chi connectivity index (χ2n) is 4.01. The monoisotopic (exact) mass is 333 g/mol. The molecule has 0 spiro atoms. The number of nitro groups is 1. The van der Waals surface area contributed by atoms with Gasteiger partial charge in [-0.1, -0.05) is 23.2 Å². The highest BCUT2D eigenvalue weighted by molar-refractivity contribution is 6.43. The van der Waals surface area contributed by atoms with Crippen LogP contribution in [0.2, 0.25) is 10.0 Å². The molecule has 0 aliphatic rings. The SMILES string of the molecule is CCNC(=O)CCNC(=O)c1cc(Cl)c(Cl)c([N+](=O)[O-])c1. The first kappa shape index (κ1) is 17.2. The summed E-state index contributed by atoms with van der Waals surface area (Å²) in [6.07, 6.45) is 0.114. The number of amides is 2. The average Bonchev–Trinajstić information content (AvgIpc) is 2.41. The van der Waals surface area contributed by atoms with Gasteiger partial charge >= 0.3 is 0 Å². The summed E-state index contributed by atoms with van der Waals surface area (Å²) in [5.74, 6) is -0.765. The zero-order valence-corrected chi connectivity index (χ0v) is 12.6. The van der Waals surface area contributed by atoms with Gasteiger partial charge < -0.3 is 10.6 Å². The van der Waals surface area contributed by atoms with Crippen LogP contribution in [0.4, 0.5) is 5.69 Å². The molecule has 7 nitrogen and oxygen atoms in total. The van der Waals surface area contributed by atoms with Crippen LogP contribution >= 0.6 is 23.2 Å². The van der Waals surface area contributed by atoms with Gasteiger partial charge in [0.05, 0.1) is 9.95 Å². The minimum atomic E-state index is -0.723. The van der Waals surface area contributed by atoms with E-state index in [1.807, 2.05) is 0 Å². The summed E-state index contributed by atoms with van der Waals surface area (Å²) in [5, 5.41) is 15.6. The second-order valence-corrected chi connectivity index (χ2v) is 4.79. The highest BCUT2D eigenvalue weighted by Crippen LogP contribution is 2.32. The van der Waals surface area contributed by atoms with Gasteiger partial charge in [-0.25, -0.2) is 0 Å². The summed E-state index contributed by atoms with van der Waals surface area (Å²) in [7, 11) is 0. The van der Waals surface area contributed by atoms with E-state index in [0.29, 0.717) is 6.54 Å². The highest BCUT2D eigenvalue weighted by atomic mass is 35.5. The molecule has 2 amide bonds. The van der Waals surface area contributed by atoms with Crippen LogP contribution in [-0.2, 0) is 4.79 Å². The zero-order chi connectivity index (χ0) is 16.0. The van der Waals surface area contributed by atoms with Crippen LogP contribution < -0.4 is 10.6 Å². The van der Waals surface area contributed by atoms with Crippen molar-refractivity contribution in [2.75, 3.05) is 13.1 Å². The Kier molecular flexibility index (Phi) is 6.39. The summed E-state index contributed by atoms with van der Waals surface area (Å²) in [5.41, 5.74) is -0.440. The fourth-order valence-corrected chi connectivity index (χ4v) is 1.91. The average molecular weight is 334 g/mol. The van der Waals surface area contributed by atoms with Crippen molar-refractivity contribution >= 4 is 40.7 Å². The Morgan fingerprint density at radius 1 is 1.29 bits per heavy atom. The van der Waals surface area contributed by atoms with Crippen molar-refractivity contribution in [3.63, 3.8) is 0 Å². The maximum atomic E-state index is 11.9. The number of rotatable bonds is 6.